The van der Waals surface area contributed by atoms with E-state index in [4.69, 9.17) is 0 Å². The van der Waals surface area contributed by atoms with E-state index in [-0.39, 0.29) is 23.8 Å². The molecule has 2 fully saturated rings. The Bertz CT molecular complexity index is 841. The molecular formula is C21H27N3O3. The number of hydrogen-bond donors (Lipinski definition) is 2. The van der Waals surface area contributed by atoms with Crippen molar-refractivity contribution in [1.82, 2.24) is 10.2 Å². The molecule has 0 bridgehead atoms. The van der Waals surface area contributed by atoms with Crippen LogP contribution in [0.1, 0.15) is 46.6 Å². The summed E-state index contributed by atoms with van der Waals surface area (Å²) in [7, 11) is 0. The van der Waals surface area contributed by atoms with E-state index in [1.807, 2.05) is 45.0 Å². The van der Waals surface area contributed by atoms with E-state index >= 15 is 0 Å². The molecule has 0 radical (unpaired) electrons. The Labute approximate surface area is 159 Å². The van der Waals surface area contributed by atoms with Gasteiger partial charge in [-0.2, -0.15) is 0 Å². The van der Waals surface area contributed by atoms with Crippen molar-refractivity contribution in [3.8, 4) is 0 Å². The smallest absolute Gasteiger partial charge is 0.250 e. The van der Waals surface area contributed by atoms with Gasteiger partial charge in [-0.3, -0.25) is 24.6 Å². The number of rotatable bonds is 2. The van der Waals surface area contributed by atoms with E-state index in [1.54, 1.807) is 0 Å². The number of fused-ring (bicyclic) bond motifs is 4. The van der Waals surface area contributed by atoms with Gasteiger partial charge in [-0.1, -0.05) is 32.0 Å². The molecule has 6 heteroatoms. The first kappa shape index (κ1) is 18.2. The molecule has 0 unspecified atom stereocenters. The van der Waals surface area contributed by atoms with Gasteiger partial charge in [-0.25, -0.2) is 0 Å². The number of carbonyl (C=O) groups is 3. The van der Waals surface area contributed by atoms with Crippen molar-refractivity contribution in [2.45, 2.75) is 58.2 Å². The average molecular weight is 369 g/mol. The van der Waals surface area contributed by atoms with Crippen LogP contribution in [0.25, 0.3) is 0 Å². The molecule has 3 heterocycles. The number of imide groups is 1. The first-order valence-corrected chi connectivity index (χ1v) is 9.65. The van der Waals surface area contributed by atoms with E-state index < -0.39 is 22.9 Å². The molecule has 3 aliphatic rings. The highest BCUT2D eigenvalue weighted by molar-refractivity contribution is 6.15. The number of anilines is 1. The third-order valence-corrected chi connectivity index (χ3v) is 6.02. The summed E-state index contributed by atoms with van der Waals surface area (Å²) in [5.74, 6) is -1.54. The van der Waals surface area contributed by atoms with Crippen LogP contribution in [0.4, 0.5) is 5.69 Å². The minimum Gasteiger partial charge on any atom is -0.324 e. The maximum absolute atomic E-state index is 13.5. The third-order valence-electron chi connectivity index (χ3n) is 6.02. The molecule has 3 amide bonds. The van der Waals surface area contributed by atoms with Crippen molar-refractivity contribution in [3.05, 3.63) is 29.8 Å². The lowest BCUT2D eigenvalue weighted by Gasteiger charge is -2.34. The number of hydrogen-bond acceptors (Lipinski definition) is 4. The maximum atomic E-state index is 13.5. The van der Waals surface area contributed by atoms with Gasteiger partial charge in [0.2, 0.25) is 17.7 Å². The van der Waals surface area contributed by atoms with Crippen LogP contribution >= 0.6 is 0 Å². The molecule has 2 N–H and O–H groups in total. The monoisotopic (exact) mass is 369 g/mol. The number of nitrogens with one attached hydrogen (secondary N) is 2. The first-order valence-electron chi connectivity index (χ1n) is 9.65. The zero-order valence-corrected chi connectivity index (χ0v) is 16.5. The summed E-state index contributed by atoms with van der Waals surface area (Å²) < 4.78 is 0. The van der Waals surface area contributed by atoms with Crippen LogP contribution in [0.3, 0.4) is 0 Å². The van der Waals surface area contributed by atoms with Crippen molar-refractivity contribution in [2.75, 3.05) is 5.32 Å². The fraction of sp³-hybridized carbons (Fsp3) is 0.571. The van der Waals surface area contributed by atoms with Crippen LogP contribution in [-0.4, -0.2) is 34.2 Å². The SMILES string of the molecule is CC(C)C[C@@H]1N[C@]2(C(=O)Nc3ccccc32)[C@@H]2C(=O)N(C(C)(C)C)C(=O)[C@H]12. The number of nitrogens with zero attached hydrogens (tertiary/aromatic N) is 1. The van der Waals surface area contributed by atoms with Crippen LogP contribution in [-0.2, 0) is 19.9 Å². The summed E-state index contributed by atoms with van der Waals surface area (Å²) in [5.41, 5.74) is -0.300. The van der Waals surface area contributed by atoms with E-state index in [0.29, 0.717) is 11.6 Å². The predicted octanol–water partition coefficient (Wildman–Crippen LogP) is 2.25. The fourth-order valence-electron chi connectivity index (χ4n) is 5.13. The molecule has 1 spiro atoms. The lowest BCUT2D eigenvalue weighted by atomic mass is 9.76. The molecule has 2 saturated heterocycles. The van der Waals surface area contributed by atoms with E-state index in [1.165, 1.54) is 4.90 Å². The Balaban J connectivity index is 1.89. The average Bonchev–Trinajstić information content (AvgIpc) is 3.12. The quantitative estimate of drug-likeness (QED) is 0.784. The number of benzene rings is 1. The number of likely N-dealkylation sites (tertiary alicyclic amines) is 1. The Morgan fingerprint density at radius 1 is 1.11 bits per heavy atom. The van der Waals surface area contributed by atoms with Crippen LogP contribution in [0, 0.1) is 17.8 Å². The summed E-state index contributed by atoms with van der Waals surface area (Å²) in [6.45, 7) is 9.78. The maximum Gasteiger partial charge on any atom is 0.250 e. The Kier molecular flexibility index (Phi) is 3.80. The van der Waals surface area contributed by atoms with Gasteiger partial charge in [0.1, 0.15) is 5.54 Å². The second-order valence-electron chi connectivity index (χ2n) is 9.37. The van der Waals surface area contributed by atoms with Crippen molar-refractivity contribution < 1.29 is 14.4 Å². The Morgan fingerprint density at radius 2 is 1.78 bits per heavy atom. The summed E-state index contributed by atoms with van der Waals surface area (Å²) >= 11 is 0. The third kappa shape index (κ3) is 2.32. The summed E-state index contributed by atoms with van der Waals surface area (Å²) in [5, 5.41) is 6.38. The normalized spacial score (nSPS) is 32.4. The predicted molar refractivity (Wildman–Crippen MR) is 102 cm³/mol. The summed E-state index contributed by atoms with van der Waals surface area (Å²) in [6, 6.07) is 7.25. The second kappa shape index (κ2) is 5.64. The lowest BCUT2D eigenvalue weighted by Crippen LogP contribution is -2.55. The molecule has 4 atom stereocenters. The molecule has 1 aromatic rings. The zero-order chi connectivity index (χ0) is 19.7. The molecule has 0 aliphatic carbocycles. The van der Waals surface area contributed by atoms with Gasteiger partial charge in [0.15, 0.2) is 0 Å². The van der Waals surface area contributed by atoms with Gasteiger partial charge >= 0.3 is 0 Å². The fourth-order valence-corrected chi connectivity index (χ4v) is 5.13. The molecule has 0 aromatic heterocycles. The van der Waals surface area contributed by atoms with Gasteiger partial charge in [0.25, 0.3) is 0 Å². The van der Waals surface area contributed by atoms with Crippen LogP contribution in [0.2, 0.25) is 0 Å². The van der Waals surface area contributed by atoms with E-state index in [2.05, 4.69) is 24.5 Å². The minimum atomic E-state index is -1.17. The van der Waals surface area contributed by atoms with Gasteiger partial charge in [0, 0.05) is 22.8 Å². The van der Waals surface area contributed by atoms with Crippen molar-refractivity contribution in [1.29, 1.82) is 0 Å². The number of amides is 3. The molecule has 144 valence electrons. The second-order valence-corrected chi connectivity index (χ2v) is 9.37. The minimum absolute atomic E-state index is 0.162. The Morgan fingerprint density at radius 3 is 2.41 bits per heavy atom. The topological polar surface area (TPSA) is 78.5 Å². The zero-order valence-electron chi connectivity index (χ0n) is 16.5. The highest BCUT2D eigenvalue weighted by Gasteiger charge is 2.71. The van der Waals surface area contributed by atoms with Crippen LogP contribution in [0.15, 0.2) is 24.3 Å². The van der Waals surface area contributed by atoms with E-state index in [9.17, 15) is 14.4 Å². The van der Waals surface area contributed by atoms with Crippen LogP contribution < -0.4 is 10.6 Å². The highest BCUT2D eigenvalue weighted by atomic mass is 16.2. The van der Waals surface area contributed by atoms with Crippen molar-refractivity contribution in [3.63, 3.8) is 0 Å². The first-order chi connectivity index (χ1) is 12.6. The largest absolute Gasteiger partial charge is 0.324 e. The lowest BCUT2D eigenvalue weighted by molar-refractivity contribution is -0.147. The Hall–Kier alpha value is -2.21. The van der Waals surface area contributed by atoms with E-state index in [0.717, 1.165) is 12.0 Å². The molecule has 4 rings (SSSR count). The van der Waals surface area contributed by atoms with Gasteiger partial charge < -0.3 is 5.32 Å². The van der Waals surface area contributed by atoms with Crippen molar-refractivity contribution >= 4 is 23.4 Å². The molecular weight excluding hydrogens is 342 g/mol. The summed E-state index contributed by atoms with van der Waals surface area (Å²) in [6.07, 6.45) is 0.732. The number of para-hydroxylation sites is 1. The molecule has 3 aliphatic heterocycles. The molecule has 6 nitrogen and oxygen atoms in total. The van der Waals surface area contributed by atoms with Gasteiger partial charge in [-0.15, -0.1) is 0 Å². The van der Waals surface area contributed by atoms with Crippen LogP contribution in [0.5, 0.6) is 0 Å². The van der Waals surface area contributed by atoms with Gasteiger partial charge in [-0.05, 0) is 39.2 Å². The number of carbonyl (C=O) groups excluding carboxylic acids is 3. The van der Waals surface area contributed by atoms with Gasteiger partial charge in [0.05, 0.1) is 11.8 Å². The summed E-state index contributed by atoms with van der Waals surface area (Å²) in [4.78, 5) is 41.4. The van der Waals surface area contributed by atoms with Crippen molar-refractivity contribution in [2.24, 2.45) is 17.8 Å². The standard InChI is InChI=1S/C21H27N3O3/c1-11(2)10-14-15-16(18(26)24(17(15)25)20(3,4)5)21(23-14)12-8-6-7-9-13(12)22-19(21)27/h6-9,11,14-16,23H,10H2,1-5H3,(H,22,27)/t14-,15+,16-,21-/m0/s1. The molecule has 0 saturated carbocycles. The molecule has 1 aromatic carbocycles. The highest BCUT2D eigenvalue weighted by Crippen LogP contribution is 2.54. The molecule has 27 heavy (non-hydrogen) atoms.